The van der Waals surface area contributed by atoms with Gasteiger partial charge in [0.05, 0.1) is 5.69 Å². The SMILES string of the molecule is Cc1cccc(CN(C)CCC(C)Cl)n1. The first-order chi connectivity index (χ1) is 7.08. The minimum Gasteiger partial charge on any atom is -0.300 e. The quantitative estimate of drug-likeness (QED) is 0.718. The zero-order valence-electron chi connectivity index (χ0n) is 9.70. The highest BCUT2D eigenvalue weighted by molar-refractivity contribution is 6.20. The fourth-order valence-electron chi connectivity index (χ4n) is 1.44. The number of hydrogen-bond acceptors (Lipinski definition) is 2. The van der Waals surface area contributed by atoms with Gasteiger partial charge in [-0.05, 0) is 46.0 Å². The summed E-state index contributed by atoms with van der Waals surface area (Å²) in [5, 5.41) is 0.248. The summed E-state index contributed by atoms with van der Waals surface area (Å²) in [5.74, 6) is 0. The molecule has 0 aromatic carbocycles. The van der Waals surface area contributed by atoms with Gasteiger partial charge in [0.25, 0.3) is 0 Å². The van der Waals surface area contributed by atoms with Crippen molar-refractivity contribution < 1.29 is 0 Å². The van der Waals surface area contributed by atoms with Crippen LogP contribution in [-0.4, -0.2) is 28.9 Å². The Morgan fingerprint density at radius 3 is 2.80 bits per heavy atom. The van der Waals surface area contributed by atoms with Crippen LogP contribution in [0.2, 0.25) is 0 Å². The second-order valence-electron chi connectivity index (χ2n) is 4.08. The molecule has 0 radical (unpaired) electrons. The highest BCUT2D eigenvalue weighted by Gasteiger charge is 2.03. The zero-order chi connectivity index (χ0) is 11.3. The van der Waals surface area contributed by atoms with Crippen LogP contribution in [0.4, 0.5) is 0 Å². The van der Waals surface area contributed by atoms with Crippen LogP contribution in [0.3, 0.4) is 0 Å². The number of hydrogen-bond donors (Lipinski definition) is 0. The van der Waals surface area contributed by atoms with E-state index >= 15 is 0 Å². The molecule has 1 rings (SSSR count). The zero-order valence-corrected chi connectivity index (χ0v) is 10.5. The summed E-state index contributed by atoms with van der Waals surface area (Å²) in [5.41, 5.74) is 2.20. The minimum atomic E-state index is 0.248. The van der Waals surface area contributed by atoms with Gasteiger partial charge in [0.2, 0.25) is 0 Å². The Hall–Kier alpha value is -0.600. The summed E-state index contributed by atoms with van der Waals surface area (Å²) in [4.78, 5) is 6.72. The number of rotatable bonds is 5. The van der Waals surface area contributed by atoms with E-state index in [0.717, 1.165) is 30.9 Å². The lowest BCUT2D eigenvalue weighted by atomic mass is 10.2. The van der Waals surface area contributed by atoms with Gasteiger partial charge in [-0.15, -0.1) is 11.6 Å². The molecule has 0 aliphatic carbocycles. The third-order valence-electron chi connectivity index (χ3n) is 2.29. The Morgan fingerprint density at radius 1 is 1.47 bits per heavy atom. The van der Waals surface area contributed by atoms with Gasteiger partial charge >= 0.3 is 0 Å². The molecule has 0 N–H and O–H groups in total. The highest BCUT2D eigenvalue weighted by Crippen LogP contribution is 2.05. The maximum atomic E-state index is 5.91. The molecule has 0 amide bonds. The van der Waals surface area contributed by atoms with Gasteiger partial charge in [-0.2, -0.15) is 0 Å². The van der Waals surface area contributed by atoms with Gasteiger partial charge < -0.3 is 4.90 Å². The number of aromatic nitrogens is 1. The number of pyridine rings is 1. The highest BCUT2D eigenvalue weighted by atomic mass is 35.5. The predicted molar refractivity (Wildman–Crippen MR) is 65.2 cm³/mol. The first kappa shape index (κ1) is 12.5. The van der Waals surface area contributed by atoms with Gasteiger partial charge in [-0.3, -0.25) is 4.98 Å². The standard InChI is InChI=1S/C12H19ClN2/c1-10(13)7-8-15(3)9-12-6-4-5-11(2)14-12/h4-6,10H,7-9H2,1-3H3. The van der Waals surface area contributed by atoms with Gasteiger partial charge in [0.1, 0.15) is 0 Å². The van der Waals surface area contributed by atoms with Gasteiger partial charge in [0, 0.05) is 17.6 Å². The van der Waals surface area contributed by atoms with Gasteiger partial charge in [-0.25, -0.2) is 0 Å². The lowest BCUT2D eigenvalue weighted by Gasteiger charge is -2.16. The molecule has 0 aliphatic heterocycles. The van der Waals surface area contributed by atoms with E-state index in [0.29, 0.717) is 0 Å². The maximum absolute atomic E-state index is 5.91. The average molecular weight is 227 g/mol. The number of halogens is 1. The maximum Gasteiger partial charge on any atom is 0.0547 e. The largest absolute Gasteiger partial charge is 0.300 e. The first-order valence-electron chi connectivity index (χ1n) is 5.33. The molecule has 0 spiro atoms. The summed E-state index contributed by atoms with van der Waals surface area (Å²) in [6, 6.07) is 6.13. The van der Waals surface area contributed by atoms with Crippen molar-refractivity contribution in [3.8, 4) is 0 Å². The molecule has 0 saturated carbocycles. The lowest BCUT2D eigenvalue weighted by molar-refractivity contribution is 0.318. The normalized spacial score (nSPS) is 13.1. The van der Waals surface area contributed by atoms with Crippen LogP contribution < -0.4 is 0 Å². The molecular formula is C12H19ClN2. The summed E-state index contributed by atoms with van der Waals surface area (Å²) >= 11 is 5.91. The number of aryl methyl sites for hydroxylation is 1. The van der Waals surface area contributed by atoms with Crippen molar-refractivity contribution in [2.75, 3.05) is 13.6 Å². The smallest absolute Gasteiger partial charge is 0.0547 e. The summed E-state index contributed by atoms with van der Waals surface area (Å²) in [6.45, 7) is 5.95. The van der Waals surface area contributed by atoms with E-state index in [1.54, 1.807) is 0 Å². The van der Waals surface area contributed by atoms with Crippen LogP contribution >= 0.6 is 11.6 Å². The first-order valence-corrected chi connectivity index (χ1v) is 5.76. The van der Waals surface area contributed by atoms with Gasteiger partial charge in [0.15, 0.2) is 0 Å². The van der Waals surface area contributed by atoms with Crippen molar-refractivity contribution >= 4 is 11.6 Å². The van der Waals surface area contributed by atoms with E-state index in [2.05, 4.69) is 29.1 Å². The monoisotopic (exact) mass is 226 g/mol. The molecular weight excluding hydrogens is 208 g/mol. The molecule has 1 atom stereocenters. The second-order valence-corrected chi connectivity index (χ2v) is 4.82. The van der Waals surface area contributed by atoms with E-state index in [1.807, 2.05) is 19.9 Å². The van der Waals surface area contributed by atoms with Crippen molar-refractivity contribution in [2.24, 2.45) is 0 Å². The van der Waals surface area contributed by atoms with Crippen molar-refractivity contribution in [3.05, 3.63) is 29.6 Å². The summed E-state index contributed by atoms with van der Waals surface area (Å²) < 4.78 is 0. The fourth-order valence-corrected chi connectivity index (χ4v) is 1.54. The van der Waals surface area contributed by atoms with Crippen LogP contribution in [0.5, 0.6) is 0 Å². The number of nitrogens with zero attached hydrogens (tertiary/aromatic N) is 2. The van der Waals surface area contributed by atoms with Crippen LogP contribution in [-0.2, 0) is 6.54 Å². The van der Waals surface area contributed by atoms with Crippen LogP contribution in [0.25, 0.3) is 0 Å². The molecule has 1 aromatic rings. The lowest BCUT2D eigenvalue weighted by Crippen LogP contribution is -2.21. The van der Waals surface area contributed by atoms with Gasteiger partial charge in [-0.1, -0.05) is 6.07 Å². The third-order valence-corrected chi connectivity index (χ3v) is 2.50. The van der Waals surface area contributed by atoms with Crippen LogP contribution in [0.1, 0.15) is 24.7 Å². The van der Waals surface area contributed by atoms with Crippen molar-refractivity contribution in [1.82, 2.24) is 9.88 Å². The van der Waals surface area contributed by atoms with E-state index in [9.17, 15) is 0 Å². The van der Waals surface area contributed by atoms with E-state index < -0.39 is 0 Å². The van der Waals surface area contributed by atoms with E-state index in [1.165, 1.54) is 0 Å². The van der Waals surface area contributed by atoms with E-state index in [4.69, 9.17) is 11.6 Å². The fraction of sp³-hybridized carbons (Fsp3) is 0.583. The third kappa shape index (κ3) is 5.14. The Morgan fingerprint density at radius 2 is 2.20 bits per heavy atom. The molecule has 2 nitrogen and oxygen atoms in total. The summed E-state index contributed by atoms with van der Waals surface area (Å²) in [7, 11) is 2.10. The predicted octanol–water partition coefficient (Wildman–Crippen LogP) is 2.84. The molecule has 0 aliphatic rings. The van der Waals surface area contributed by atoms with Crippen LogP contribution in [0, 0.1) is 6.92 Å². The topological polar surface area (TPSA) is 16.1 Å². The second kappa shape index (κ2) is 6.09. The Bertz CT molecular complexity index is 299. The molecule has 84 valence electrons. The molecule has 1 aromatic heterocycles. The molecule has 1 unspecified atom stereocenters. The molecule has 15 heavy (non-hydrogen) atoms. The van der Waals surface area contributed by atoms with Crippen molar-refractivity contribution in [3.63, 3.8) is 0 Å². The molecule has 1 heterocycles. The number of alkyl halides is 1. The molecule has 3 heteroatoms. The van der Waals surface area contributed by atoms with Crippen molar-refractivity contribution in [1.29, 1.82) is 0 Å². The Labute approximate surface area is 97.3 Å². The Kier molecular flexibility index (Phi) is 5.06. The van der Waals surface area contributed by atoms with Crippen LogP contribution in [0.15, 0.2) is 18.2 Å². The summed E-state index contributed by atoms with van der Waals surface area (Å²) in [6.07, 6.45) is 1.02. The minimum absolute atomic E-state index is 0.248. The van der Waals surface area contributed by atoms with E-state index in [-0.39, 0.29) is 5.38 Å². The van der Waals surface area contributed by atoms with Crippen molar-refractivity contribution in [2.45, 2.75) is 32.2 Å². The average Bonchev–Trinajstić information content (AvgIpc) is 2.15. The molecule has 0 saturated heterocycles. The molecule has 0 bridgehead atoms. The Balaban J connectivity index is 2.40. The molecule has 0 fully saturated rings.